The molecule has 0 aromatic carbocycles. The van der Waals surface area contributed by atoms with Crippen molar-refractivity contribution in [2.75, 3.05) is 7.05 Å². The molecule has 0 rings (SSSR count). The maximum atomic E-state index is 2.31. The second-order valence-corrected chi connectivity index (χ2v) is 4.00. The Morgan fingerprint density at radius 2 is 1.83 bits per heavy atom. The van der Waals surface area contributed by atoms with Crippen molar-refractivity contribution in [3.05, 3.63) is 11.8 Å². The zero-order valence-corrected chi connectivity index (χ0v) is 9.39. The smallest absolute Gasteiger partial charge is 0.0278 e. The van der Waals surface area contributed by atoms with E-state index in [0.29, 0.717) is 6.04 Å². The molecule has 0 aliphatic heterocycles. The van der Waals surface area contributed by atoms with Gasteiger partial charge in [0.25, 0.3) is 0 Å². The highest BCUT2D eigenvalue weighted by atomic mass is 15.1. The van der Waals surface area contributed by atoms with Gasteiger partial charge in [0.2, 0.25) is 0 Å². The van der Waals surface area contributed by atoms with E-state index in [0.717, 1.165) is 5.92 Å². The van der Waals surface area contributed by atoms with E-state index >= 15 is 0 Å². The van der Waals surface area contributed by atoms with Crippen molar-refractivity contribution in [3.8, 4) is 0 Å². The van der Waals surface area contributed by atoms with Gasteiger partial charge in [0.05, 0.1) is 0 Å². The first-order valence-corrected chi connectivity index (χ1v) is 4.86. The van der Waals surface area contributed by atoms with Crippen LogP contribution in [0.25, 0.3) is 0 Å². The fraction of sp³-hybridized carbons (Fsp3) is 0.818. The van der Waals surface area contributed by atoms with Crippen LogP contribution in [0.2, 0.25) is 0 Å². The van der Waals surface area contributed by atoms with E-state index in [1.807, 2.05) is 0 Å². The minimum Gasteiger partial charge on any atom is -0.378 e. The second kappa shape index (κ2) is 5.23. The lowest BCUT2D eigenvalue weighted by atomic mass is 10.00. The summed E-state index contributed by atoms with van der Waals surface area (Å²) in [4.78, 5) is 2.31. The van der Waals surface area contributed by atoms with Crippen LogP contribution in [0.15, 0.2) is 11.8 Å². The van der Waals surface area contributed by atoms with E-state index in [1.54, 1.807) is 0 Å². The van der Waals surface area contributed by atoms with E-state index < -0.39 is 0 Å². The molecule has 0 aromatic heterocycles. The molecular weight excluding hydrogens is 146 g/mol. The monoisotopic (exact) mass is 169 g/mol. The summed E-state index contributed by atoms with van der Waals surface area (Å²) < 4.78 is 0. The minimum atomic E-state index is 0.643. The first-order valence-electron chi connectivity index (χ1n) is 4.86. The predicted molar refractivity (Wildman–Crippen MR) is 56.1 cm³/mol. The topological polar surface area (TPSA) is 3.24 Å². The van der Waals surface area contributed by atoms with Crippen LogP contribution in [0.5, 0.6) is 0 Å². The molecule has 0 aliphatic rings. The van der Waals surface area contributed by atoms with Gasteiger partial charge in [-0.1, -0.05) is 25.8 Å². The predicted octanol–water partition coefficient (Wildman–Crippen LogP) is 3.28. The Hall–Kier alpha value is -0.460. The fourth-order valence-corrected chi connectivity index (χ4v) is 1.27. The minimum absolute atomic E-state index is 0.643. The largest absolute Gasteiger partial charge is 0.378 e. The molecule has 72 valence electrons. The molecule has 0 heterocycles. The summed E-state index contributed by atoms with van der Waals surface area (Å²) in [5.74, 6) is 0.769. The van der Waals surface area contributed by atoms with E-state index in [1.165, 1.54) is 12.0 Å². The molecule has 0 saturated carbocycles. The van der Waals surface area contributed by atoms with Crippen LogP contribution in [0.1, 0.15) is 41.0 Å². The third kappa shape index (κ3) is 3.80. The van der Waals surface area contributed by atoms with Crippen molar-refractivity contribution in [1.29, 1.82) is 0 Å². The van der Waals surface area contributed by atoms with Gasteiger partial charge < -0.3 is 4.90 Å². The molecule has 12 heavy (non-hydrogen) atoms. The van der Waals surface area contributed by atoms with Gasteiger partial charge in [0.1, 0.15) is 0 Å². The van der Waals surface area contributed by atoms with Crippen LogP contribution in [0.4, 0.5) is 0 Å². The van der Waals surface area contributed by atoms with Gasteiger partial charge >= 0.3 is 0 Å². The molecule has 0 N–H and O–H groups in total. The summed E-state index contributed by atoms with van der Waals surface area (Å²) in [6.07, 6.45) is 3.47. The van der Waals surface area contributed by atoms with Crippen molar-refractivity contribution >= 4 is 0 Å². The number of hydrogen-bond acceptors (Lipinski definition) is 1. The Morgan fingerprint density at radius 1 is 1.33 bits per heavy atom. The number of rotatable bonds is 4. The summed E-state index contributed by atoms with van der Waals surface area (Å²) in [5.41, 5.74) is 1.37. The normalized spacial score (nSPS) is 15.2. The first-order chi connectivity index (χ1) is 5.49. The van der Waals surface area contributed by atoms with Gasteiger partial charge in [0, 0.05) is 13.1 Å². The number of nitrogens with zero attached hydrogens (tertiary/aromatic N) is 1. The van der Waals surface area contributed by atoms with E-state index in [4.69, 9.17) is 0 Å². The molecule has 0 amide bonds. The number of allylic oxidation sites excluding steroid dienone is 1. The van der Waals surface area contributed by atoms with Crippen molar-refractivity contribution < 1.29 is 0 Å². The molecule has 0 bridgehead atoms. The summed E-state index contributed by atoms with van der Waals surface area (Å²) in [5, 5.41) is 0. The molecule has 1 heteroatoms. The summed E-state index contributed by atoms with van der Waals surface area (Å²) in [6.45, 7) is 11.1. The van der Waals surface area contributed by atoms with E-state index in [9.17, 15) is 0 Å². The standard InChI is InChI=1S/C11H23N/c1-7-10(4)11(5)12(6)8-9(2)3/h8,10-11H,7H2,1-6H3. The van der Waals surface area contributed by atoms with Crippen LogP contribution in [0, 0.1) is 5.92 Å². The molecule has 0 spiro atoms. The Kier molecular flexibility index (Phi) is 5.03. The van der Waals surface area contributed by atoms with Crippen LogP contribution < -0.4 is 0 Å². The highest BCUT2D eigenvalue weighted by molar-refractivity contribution is 4.93. The molecule has 2 unspecified atom stereocenters. The maximum Gasteiger partial charge on any atom is 0.0278 e. The highest BCUT2D eigenvalue weighted by Gasteiger charge is 2.12. The molecule has 0 saturated heterocycles. The molecule has 0 fully saturated rings. The lowest BCUT2D eigenvalue weighted by Crippen LogP contribution is -2.30. The lowest BCUT2D eigenvalue weighted by Gasteiger charge is -2.28. The quantitative estimate of drug-likeness (QED) is 0.624. The fourth-order valence-electron chi connectivity index (χ4n) is 1.27. The SMILES string of the molecule is CCC(C)C(C)N(C)C=C(C)C. The lowest BCUT2D eigenvalue weighted by molar-refractivity contribution is 0.259. The summed E-state index contributed by atoms with van der Waals surface area (Å²) >= 11 is 0. The molecular formula is C11H23N. The van der Waals surface area contributed by atoms with Crippen LogP contribution in [-0.4, -0.2) is 18.0 Å². The molecule has 0 aromatic rings. The Labute approximate surface area is 77.5 Å². The van der Waals surface area contributed by atoms with Gasteiger partial charge in [-0.2, -0.15) is 0 Å². The Balaban J connectivity index is 4.09. The average Bonchev–Trinajstić information content (AvgIpc) is 2.00. The maximum absolute atomic E-state index is 2.31. The van der Waals surface area contributed by atoms with Crippen LogP contribution in [-0.2, 0) is 0 Å². The highest BCUT2D eigenvalue weighted by Crippen LogP contribution is 2.13. The zero-order chi connectivity index (χ0) is 9.72. The third-order valence-electron chi connectivity index (χ3n) is 2.57. The molecule has 0 aliphatic carbocycles. The van der Waals surface area contributed by atoms with Gasteiger partial charge in [0.15, 0.2) is 0 Å². The van der Waals surface area contributed by atoms with Crippen molar-refractivity contribution in [1.82, 2.24) is 4.90 Å². The molecule has 2 atom stereocenters. The summed E-state index contributed by atoms with van der Waals surface area (Å²) in [6, 6.07) is 0.643. The van der Waals surface area contributed by atoms with Gasteiger partial charge in [-0.3, -0.25) is 0 Å². The Bertz CT molecular complexity index is 145. The van der Waals surface area contributed by atoms with Crippen molar-refractivity contribution in [2.24, 2.45) is 5.92 Å². The number of hydrogen-bond donors (Lipinski definition) is 0. The molecule has 0 radical (unpaired) electrons. The van der Waals surface area contributed by atoms with Gasteiger partial charge in [-0.05, 0) is 32.9 Å². The van der Waals surface area contributed by atoms with Crippen LogP contribution >= 0.6 is 0 Å². The van der Waals surface area contributed by atoms with Gasteiger partial charge in [-0.15, -0.1) is 0 Å². The third-order valence-corrected chi connectivity index (χ3v) is 2.57. The Morgan fingerprint density at radius 3 is 2.17 bits per heavy atom. The van der Waals surface area contributed by atoms with Crippen molar-refractivity contribution in [2.45, 2.75) is 47.1 Å². The second-order valence-electron chi connectivity index (χ2n) is 4.00. The van der Waals surface area contributed by atoms with Crippen molar-refractivity contribution in [3.63, 3.8) is 0 Å². The van der Waals surface area contributed by atoms with Gasteiger partial charge in [-0.25, -0.2) is 0 Å². The van der Waals surface area contributed by atoms with Crippen LogP contribution in [0.3, 0.4) is 0 Å². The average molecular weight is 169 g/mol. The van der Waals surface area contributed by atoms with E-state index in [-0.39, 0.29) is 0 Å². The molecule has 1 nitrogen and oxygen atoms in total. The first kappa shape index (κ1) is 11.5. The summed E-state index contributed by atoms with van der Waals surface area (Å²) in [7, 11) is 2.16. The zero-order valence-electron chi connectivity index (χ0n) is 9.39. The van der Waals surface area contributed by atoms with E-state index in [2.05, 4.69) is 52.8 Å².